The van der Waals surface area contributed by atoms with E-state index in [0.29, 0.717) is 5.56 Å². The fourth-order valence-electron chi connectivity index (χ4n) is 3.20. The largest absolute Gasteiger partial charge is 0.327 e. The molecule has 3 aromatic carbocycles. The quantitative estimate of drug-likeness (QED) is 0.315. The van der Waals surface area contributed by atoms with Gasteiger partial charge in [0.05, 0.1) is 23.0 Å². The maximum absolute atomic E-state index is 9.07. The van der Waals surface area contributed by atoms with E-state index in [1.807, 2.05) is 55.6 Å². The molecule has 1 heterocycles. The number of nitriles is 1. The molecule has 136 valence electrons. The molecule has 0 amide bonds. The van der Waals surface area contributed by atoms with Gasteiger partial charge in [-0.3, -0.25) is 0 Å². The first-order chi connectivity index (χ1) is 13.6. The lowest BCUT2D eigenvalue weighted by atomic mass is 10.0. The minimum absolute atomic E-state index is 0.638. The van der Waals surface area contributed by atoms with Gasteiger partial charge in [0.1, 0.15) is 5.82 Å². The lowest BCUT2D eigenvalue weighted by Crippen LogP contribution is -1.96. The summed E-state index contributed by atoms with van der Waals surface area (Å²) in [6.45, 7) is 0. The summed E-state index contributed by atoms with van der Waals surface area (Å²) in [5.74, 6) is 0.861. The van der Waals surface area contributed by atoms with Crippen LogP contribution in [0, 0.1) is 11.3 Å². The molecule has 0 N–H and O–H groups in total. The maximum Gasteiger partial charge on any atom is 0.140 e. The van der Waals surface area contributed by atoms with E-state index < -0.39 is 0 Å². The molecular formula is C23H15Br2N3. The summed E-state index contributed by atoms with van der Waals surface area (Å²) in [7, 11) is 2.03. The Morgan fingerprint density at radius 1 is 0.750 bits per heavy atom. The molecule has 0 bridgehead atoms. The average Bonchev–Trinajstić information content (AvgIpc) is 3.06. The van der Waals surface area contributed by atoms with Crippen LogP contribution in [0.5, 0.6) is 0 Å². The molecule has 0 saturated heterocycles. The number of rotatable bonds is 3. The highest BCUT2D eigenvalue weighted by molar-refractivity contribution is 9.10. The molecule has 0 saturated carbocycles. The Hall–Kier alpha value is -2.68. The highest BCUT2D eigenvalue weighted by atomic mass is 79.9. The molecule has 0 spiro atoms. The Morgan fingerprint density at radius 2 is 1.25 bits per heavy atom. The Bertz CT molecular complexity index is 1170. The van der Waals surface area contributed by atoms with Gasteiger partial charge in [-0.1, -0.05) is 56.1 Å². The summed E-state index contributed by atoms with van der Waals surface area (Å²) in [5.41, 5.74) is 5.74. The second-order valence-electron chi connectivity index (χ2n) is 6.39. The van der Waals surface area contributed by atoms with Crippen molar-refractivity contribution in [2.75, 3.05) is 0 Å². The van der Waals surface area contributed by atoms with Crippen LogP contribution in [0.4, 0.5) is 0 Å². The van der Waals surface area contributed by atoms with Crippen LogP contribution in [0.2, 0.25) is 0 Å². The van der Waals surface area contributed by atoms with Crippen LogP contribution in [0.3, 0.4) is 0 Å². The highest BCUT2D eigenvalue weighted by Crippen LogP contribution is 2.36. The maximum atomic E-state index is 9.07. The van der Waals surface area contributed by atoms with Crippen molar-refractivity contribution in [2.24, 2.45) is 7.05 Å². The van der Waals surface area contributed by atoms with Gasteiger partial charge in [-0.05, 0) is 48.5 Å². The Balaban J connectivity index is 1.94. The summed E-state index contributed by atoms with van der Waals surface area (Å²) >= 11 is 7.01. The number of benzene rings is 3. The first kappa shape index (κ1) is 18.7. The number of hydrogen-bond donors (Lipinski definition) is 0. The minimum atomic E-state index is 0.638. The van der Waals surface area contributed by atoms with Crippen LogP contribution in [0.25, 0.3) is 33.9 Å². The first-order valence-corrected chi connectivity index (χ1v) is 10.2. The van der Waals surface area contributed by atoms with Gasteiger partial charge in [-0.15, -0.1) is 0 Å². The van der Waals surface area contributed by atoms with E-state index >= 15 is 0 Å². The van der Waals surface area contributed by atoms with E-state index in [9.17, 15) is 0 Å². The van der Waals surface area contributed by atoms with Crippen LogP contribution in [0.1, 0.15) is 5.56 Å². The fraction of sp³-hybridized carbons (Fsp3) is 0.0435. The molecule has 0 aliphatic carbocycles. The van der Waals surface area contributed by atoms with Crippen molar-refractivity contribution in [1.82, 2.24) is 9.55 Å². The van der Waals surface area contributed by atoms with E-state index in [1.54, 1.807) is 0 Å². The van der Waals surface area contributed by atoms with Gasteiger partial charge in [-0.25, -0.2) is 4.98 Å². The molecule has 5 heteroatoms. The molecule has 0 atom stereocenters. The topological polar surface area (TPSA) is 41.6 Å². The van der Waals surface area contributed by atoms with E-state index in [0.717, 1.165) is 42.8 Å². The van der Waals surface area contributed by atoms with Gasteiger partial charge in [0.15, 0.2) is 0 Å². The summed E-state index contributed by atoms with van der Waals surface area (Å²) in [6.07, 6.45) is 0. The zero-order valence-electron chi connectivity index (χ0n) is 15.0. The van der Waals surface area contributed by atoms with Crippen molar-refractivity contribution in [2.45, 2.75) is 0 Å². The molecule has 4 rings (SSSR count). The molecule has 0 aliphatic heterocycles. The number of imidazole rings is 1. The number of aromatic nitrogens is 2. The predicted octanol–water partition coefficient (Wildman–Crippen LogP) is 6.82. The average molecular weight is 493 g/mol. The molecule has 0 unspecified atom stereocenters. The third-order valence-electron chi connectivity index (χ3n) is 4.60. The van der Waals surface area contributed by atoms with Crippen LogP contribution >= 0.6 is 31.9 Å². The number of hydrogen-bond acceptors (Lipinski definition) is 2. The molecule has 28 heavy (non-hydrogen) atoms. The summed E-state index contributed by atoms with van der Waals surface area (Å²) < 4.78 is 4.18. The Kier molecular flexibility index (Phi) is 5.17. The smallest absolute Gasteiger partial charge is 0.140 e. The van der Waals surface area contributed by atoms with E-state index in [1.165, 1.54) is 0 Å². The van der Waals surface area contributed by atoms with Crippen LogP contribution < -0.4 is 0 Å². The molecule has 4 aromatic rings. The van der Waals surface area contributed by atoms with Gasteiger partial charge in [0.2, 0.25) is 0 Å². The molecule has 0 fully saturated rings. The van der Waals surface area contributed by atoms with Crippen molar-refractivity contribution in [1.29, 1.82) is 5.26 Å². The van der Waals surface area contributed by atoms with Gasteiger partial charge in [0, 0.05) is 32.7 Å². The molecule has 0 radical (unpaired) electrons. The van der Waals surface area contributed by atoms with E-state index in [4.69, 9.17) is 10.2 Å². The molecule has 3 nitrogen and oxygen atoms in total. The van der Waals surface area contributed by atoms with Crippen molar-refractivity contribution >= 4 is 31.9 Å². The van der Waals surface area contributed by atoms with Crippen molar-refractivity contribution in [3.63, 3.8) is 0 Å². The van der Waals surface area contributed by atoms with Gasteiger partial charge >= 0.3 is 0 Å². The third kappa shape index (κ3) is 3.54. The number of halogens is 2. The van der Waals surface area contributed by atoms with Crippen LogP contribution in [0.15, 0.2) is 81.7 Å². The molecular weight excluding hydrogens is 478 g/mol. The standard InChI is InChI=1S/C23H15Br2N3/c1-28-22(17-8-12-20(25)13-9-17)21(16-6-10-19(24)11-7-16)27-23(28)18-4-2-15(14-26)3-5-18/h2-13H,1H3. The zero-order valence-corrected chi connectivity index (χ0v) is 18.2. The second-order valence-corrected chi connectivity index (χ2v) is 8.23. The zero-order chi connectivity index (χ0) is 19.7. The summed E-state index contributed by atoms with van der Waals surface area (Å²) in [4.78, 5) is 4.99. The van der Waals surface area contributed by atoms with Gasteiger partial charge in [-0.2, -0.15) is 5.26 Å². The lowest BCUT2D eigenvalue weighted by molar-refractivity contribution is 0.933. The Morgan fingerprint density at radius 3 is 1.79 bits per heavy atom. The Labute approximate surface area is 180 Å². The van der Waals surface area contributed by atoms with E-state index in [2.05, 4.69) is 66.8 Å². The summed E-state index contributed by atoms with van der Waals surface area (Å²) in [5, 5.41) is 9.07. The SMILES string of the molecule is Cn1c(-c2ccc(C#N)cc2)nc(-c2ccc(Br)cc2)c1-c1ccc(Br)cc1. The number of nitrogens with zero attached hydrogens (tertiary/aromatic N) is 3. The normalized spacial score (nSPS) is 10.6. The minimum Gasteiger partial charge on any atom is -0.327 e. The monoisotopic (exact) mass is 491 g/mol. The molecule has 0 aliphatic rings. The van der Waals surface area contributed by atoms with Gasteiger partial charge in [0.25, 0.3) is 0 Å². The lowest BCUT2D eigenvalue weighted by Gasteiger charge is -2.09. The van der Waals surface area contributed by atoms with Crippen LogP contribution in [-0.2, 0) is 7.05 Å². The van der Waals surface area contributed by atoms with Crippen molar-refractivity contribution < 1.29 is 0 Å². The first-order valence-electron chi connectivity index (χ1n) is 8.66. The molecule has 1 aromatic heterocycles. The highest BCUT2D eigenvalue weighted by Gasteiger charge is 2.19. The van der Waals surface area contributed by atoms with E-state index in [-0.39, 0.29) is 0 Å². The van der Waals surface area contributed by atoms with Crippen molar-refractivity contribution in [3.8, 4) is 40.0 Å². The van der Waals surface area contributed by atoms with Crippen LogP contribution in [-0.4, -0.2) is 9.55 Å². The predicted molar refractivity (Wildman–Crippen MR) is 120 cm³/mol. The fourth-order valence-corrected chi connectivity index (χ4v) is 3.73. The second kappa shape index (κ2) is 7.75. The van der Waals surface area contributed by atoms with Gasteiger partial charge < -0.3 is 4.57 Å². The van der Waals surface area contributed by atoms with Crippen molar-refractivity contribution in [3.05, 3.63) is 87.3 Å². The third-order valence-corrected chi connectivity index (χ3v) is 5.66. The summed E-state index contributed by atoms with van der Waals surface area (Å²) in [6, 6.07) is 26.1.